The van der Waals surface area contributed by atoms with Crippen LogP contribution in [0.2, 0.25) is 0 Å². The van der Waals surface area contributed by atoms with Crippen molar-refractivity contribution >= 4 is 11.8 Å². The molecule has 0 saturated carbocycles. The predicted octanol–water partition coefficient (Wildman–Crippen LogP) is 3.29. The van der Waals surface area contributed by atoms with Crippen molar-refractivity contribution in [2.45, 2.75) is 39.5 Å². The molecule has 6 heteroatoms. The molecule has 0 saturated heterocycles. The summed E-state index contributed by atoms with van der Waals surface area (Å²) in [7, 11) is 0. The monoisotopic (exact) mass is 384 g/mol. The Morgan fingerprint density at radius 2 is 1.46 bits per heavy atom. The summed E-state index contributed by atoms with van der Waals surface area (Å²) in [6.07, 6.45) is 1.03. The standard InChI is InChI=1S/C22H28N2O4/c1-5-22(3,4)17-10-12-18(13-11-17)27-14-20(25)23-24-21(26)15-28-19-9-7-6-8-16(19)2/h6-13H,5,14-15H2,1-4H3,(H,23,25)(H,24,26). The highest BCUT2D eigenvalue weighted by atomic mass is 16.5. The van der Waals surface area contributed by atoms with Gasteiger partial charge in [0.2, 0.25) is 0 Å². The maximum absolute atomic E-state index is 11.8. The van der Waals surface area contributed by atoms with E-state index in [1.807, 2.05) is 49.4 Å². The van der Waals surface area contributed by atoms with E-state index in [2.05, 4.69) is 31.6 Å². The van der Waals surface area contributed by atoms with Crippen molar-refractivity contribution in [2.24, 2.45) is 0 Å². The van der Waals surface area contributed by atoms with Crippen molar-refractivity contribution in [2.75, 3.05) is 13.2 Å². The summed E-state index contributed by atoms with van der Waals surface area (Å²) < 4.78 is 10.9. The van der Waals surface area contributed by atoms with Gasteiger partial charge in [-0.3, -0.25) is 20.4 Å². The molecule has 0 bridgehead atoms. The van der Waals surface area contributed by atoms with Gasteiger partial charge in [-0.2, -0.15) is 0 Å². The van der Waals surface area contributed by atoms with Crippen molar-refractivity contribution in [3.63, 3.8) is 0 Å². The first-order valence-electron chi connectivity index (χ1n) is 9.31. The molecule has 150 valence electrons. The molecule has 28 heavy (non-hydrogen) atoms. The third kappa shape index (κ3) is 6.30. The topological polar surface area (TPSA) is 76.7 Å². The van der Waals surface area contributed by atoms with E-state index in [0.717, 1.165) is 12.0 Å². The van der Waals surface area contributed by atoms with Gasteiger partial charge < -0.3 is 9.47 Å². The zero-order chi connectivity index (χ0) is 20.6. The van der Waals surface area contributed by atoms with Gasteiger partial charge in [0.1, 0.15) is 11.5 Å². The van der Waals surface area contributed by atoms with Gasteiger partial charge in [-0.1, -0.05) is 51.1 Å². The molecule has 6 nitrogen and oxygen atoms in total. The average molecular weight is 384 g/mol. The van der Waals surface area contributed by atoms with E-state index in [4.69, 9.17) is 9.47 Å². The Labute approximate surface area is 166 Å². The number of hydrazine groups is 1. The number of nitrogens with one attached hydrogen (secondary N) is 2. The summed E-state index contributed by atoms with van der Waals surface area (Å²) >= 11 is 0. The Hall–Kier alpha value is -3.02. The first-order chi connectivity index (χ1) is 13.3. The van der Waals surface area contributed by atoms with Crippen LogP contribution in [0.15, 0.2) is 48.5 Å². The maximum Gasteiger partial charge on any atom is 0.276 e. The van der Waals surface area contributed by atoms with Gasteiger partial charge in [-0.05, 0) is 48.1 Å². The van der Waals surface area contributed by atoms with Crippen molar-refractivity contribution in [3.05, 3.63) is 59.7 Å². The largest absolute Gasteiger partial charge is 0.484 e. The minimum absolute atomic E-state index is 0.0978. The fraction of sp³-hybridized carbons (Fsp3) is 0.364. The number of rotatable bonds is 8. The van der Waals surface area contributed by atoms with Gasteiger partial charge >= 0.3 is 0 Å². The molecule has 0 heterocycles. The molecule has 0 aromatic heterocycles. The minimum atomic E-state index is -0.456. The molecule has 0 aliphatic heterocycles. The van der Waals surface area contributed by atoms with Crippen LogP contribution >= 0.6 is 0 Å². The Kier molecular flexibility index (Phi) is 7.44. The van der Waals surface area contributed by atoms with Gasteiger partial charge in [0.15, 0.2) is 13.2 Å². The van der Waals surface area contributed by atoms with Crippen LogP contribution in [0.1, 0.15) is 38.3 Å². The highest BCUT2D eigenvalue weighted by Gasteiger charge is 2.17. The van der Waals surface area contributed by atoms with E-state index < -0.39 is 11.8 Å². The molecule has 0 aliphatic rings. The Balaban J connectivity index is 1.71. The third-order valence-corrected chi connectivity index (χ3v) is 4.68. The van der Waals surface area contributed by atoms with Gasteiger partial charge in [0.05, 0.1) is 0 Å². The summed E-state index contributed by atoms with van der Waals surface area (Å²) in [5.41, 5.74) is 6.85. The second kappa shape index (κ2) is 9.78. The minimum Gasteiger partial charge on any atom is -0.484 e. The molecule has 2 amide bonds. The molecule has 0 atom stereocenters. The summed E-state index contributed by atoms with van der Waals surface area (Å²) in [6, 6.07) is 15.1. The molecule has 0 aliphatic carbocycles. The van der Waals surface area contributed by atoms with Crippen molar-refractivity contribution in [1.29, 1.82) is 0 Å². The van der Waals surface area contributed by atoms with Gasteiger partial charge in [-0.15, -0.1) is 0 Å². The molecule has 0 fully saturated rings. The number of hydrogen-bond acceptors (Lipinski definition) is 4. The normalized spacial score (nSPS) is 10.9. The molecule has 0 spiro atoms. The number of carbonyl (C=O) groups excluding carboxylic acids is 2. The van der Waals surface area contributed by atoms with Gasteiger partial charge in [0, 0.05) is 0 Å². The first kappa shape index (κ1) is 21.3. The van der Waals surface area contributed by atoms with Crippen LogP contribution < -0.4 is 20.3 Å². The van der Waals surface area contributed by atoms with Crippen LogP contribution in [0.25, 0.3) is 0 Å². The number of aryl methyl sites for hydroxylation is 1. The van der Waals surface area contributed by atoms with E-state index in [9.17, 15) is 9.59 Å². The van der Waals surface area contributed by atoms with E-state index in [1.54, 1.807) is 6.07 Å². The third-order valence-electron chi connectivity index (χ3n) is 4.68. The fourth-order valence-electron chi connectivity index (χ4n) is 2.43. The molecular weight excluding hydrogens is 356 g/mol. The lowest BCUT2D eigenvalue weighted by atomic mass is 9.82. The van der Waals surface area contributed by atoms with Crippen LogP contribution in [-0.4, -0.2) is 25.0 Å². The van der Waals surface area contributed by atoms with Crippen molar-refractivity contribution in [3.8, 4) is 11.5 Å². The summed E-state index contributed by atoms with van der Waals surface area (Å²) in [5, 5.41) is 0. The Bertz CT molecular complexity index is 800. The fourth-order valence-corrected chi connectivity index (χ4v) is 2.43. The second-order valence-corrected chi connectivity index (χ2v) is 7.20. The highest BCUT2D eigenvalue weighted by molar-refractivity contribution is 5.83. The van der Waals surface area contributed by atoms with E-state index in [0.29, 0.717) is 11.5 Å². The zero-order valence-electron chi connectivity index (χ0n) is 16.9. The number of benzene rings is 2. The zero-order valence-corrected chi connectivity index (χ0v) is 16.9. The average Bonchev–Trinajstić information content (AvgIpc) is 2.70. The number of ether oxygens (including phenoxy) is 2. The molecule has 2 N–H and O–H groups in total. The molecular formula is C22H28N2O4. The van der Waals surface area contributed by atoms with Gasteiger partial charge in [0.25, 0.3) is 11.8 Å². The van der Waals surface area contributed by atoms with E-state index in [-0.39, 0.29) is 18.6 Å². The van der Waals surface area contributed by atoms with Crippen LogP contribution in [0, 0.1) is 6.92 Å². The summed E-state index contributed by atoms with van der Waals surface area (Å²) in [6.45, 7) is 8.01. The lowest BCUT2D eigenvalue weighted by Gasteiger charge is -2.23. The van der Waals surface area contributed by atoms with Crippen LogP contribution in [0.4, 0.5) is 0 Å². The number of hydrogen-bond donors (Lipinski definition) is 2. The highest BCUT2D eigenvalue weighted by Crippen LogP contribution is 2.27. The molecule has 0 radical (unpaired) electrons. The van der Waals surface area contributed by atoms with E-state index >= 15 is 0 Å². The second-order valence-electron chi connectivity index (χ2n) is 7.20. The predicted molar refractivity (Wildman–Crippen MR) is 108 cm³/mol. The van der Waals surface area contributed by atoms with E-state index in [1.165, 1.54) is 5.56 Å². The smallest absolute Gasteiger partial charge is 0.276 e. The lowest BCUT2D eigenvalue weighted by Crippen LogP contribution is -2.45. The van der Waals surface area contributed by atoms with Crippen molar-refractivity contribution in [1.82, 2.24) is 10.9 Å². The Morgan fingerprint density at radius 3 is 2.04 bits per heavy atom. The number of para-hydroxylation sites is 1. The summed E-state index contributed by atoms with van der Waals surface area (Å²) in [4.78, 5) is 23.6. The Morgan fingerprint density at radius 1 is 0.893 bits per heavy atom. The molecule has 0 unspecified atom stereocenters. The van der Waals surface area contributed by atoms with Crippen LogP contribution in [0.3, 0.4) is 0 Å². The molecule has 2 aromatic carbocycles. The lowest BCUT2D eigenvalue weighted by molar-refractivity contribution is -0.131. The number of carbonyl (C=O) groups is 2. The van der Waals surface area contributed by atoms with Crippen LogP contribution in [-0.2, 0) is 15.0 Å². The first-order valence-corrected chi connectivity index (χ1v) is 9.31. The molecule has 2 aromatic rings. The quantitative estimate of drug-likeness (QED) is 0.685. The maximum atomic E-state index is 11.8. The van der Waals surface area contributed by atoms with Crippen molar-refractivity contribution < 1.29 is 19.1 Å². The number of amides is 2. The SMILES string of the molecule is CCC(C)(C)c1ccc(OCC(=O)NNC(=O)COc2ccccc2C)cc1. The van der Waals surface area contributed by atoms with Gasteiger partial charge in [-0.25, -0.2) is 0 Å². The summed E-state index contributed by atoms with van der Waals surface area (Å²) in [5.74, 6) is 0.312. The molecule has 2 rings (SSSR count). The van der Waals surface area contributed by atoms with Crippen LogP contribution in [0.5, 0.6) is 11.5 Å².